The van der Waals surface area contributed by atoms with Gasteiger partial charge in [-0.25, -0.2) is 9.67 Å². The summed E-state index contributed by atoms with van der Waals surface area (Å²) in [5, 5.41) is 16.4. The highest BCUT2D eigenvalue weighted by molar-refractivity contribution is 5.78. The van der Waals surface area contributed by atoms with Crippen LogP contribution in [0.2, 0.25) is 0 Å². The number of hydrogen-bond acceptors (Lipinski definition) is 7. The summed E-state index contributed by atoms with van der Waals surface area (Å²) >= 11 is 0. The summed E-state index contributed by atoms with van der Waals surface area (Å²) in [5.41, 5.74) is 1.78. The number of amides is 1. The molecule has 0 aliphatic carbocycles. The fourth-order valence-corrected chi connectivity index (χ4v) is 3.39. The number of anilines is 3. The third-order valence-electron chi connectivity index (χ3n) is 4.92. The van der Waals surface area contributed by atoms with E-state index in [1.165, 1.54) is 0 Å². The molecule has 1 saturated heterocycles. The Morgan fingerprint density at radius 2 is 1.97 bits per heavy atom. The molecule has 3 heterocycles. The Kier molecular flexibility index (Phi) is 5.85. The van der Waals surface area contributed by atoms with Crippen LogP contribution < -0.4 is 10.2 Å². The highest BCUT2D eigenvalue weighted by Gasteiger charge is 2.20. The maximum atomic E-state index is 12.0. The van der Waals surface area contributed by atoms with Gasteiger partial charge < -0.3 is 15.1 Å². The van der Waals surface area contributed by atoms with E-state index in [1.54, 1.807) is 22.1 Å². The van der Waals surface area contributed by atoms with Crippen LogP contribution in [0.25, 0.3) is 5.69 Å². The van der Waals surface area contributed by atoms with Crippen LogP contribution in [-0.2, 0) is 4.79 Å². The molecule has 1 aromatic carbocycles. The maximum absolute atomic E-state index is 12.0. The summed E-state index contributed by atoms with van der Waals surface area (Å²) in [5.74, 6) is 1.23. The van der Waals surface area contributed by atoms with Crippen molar-refractivity contribution in [3.05, 3.63) is 55.0 Å². The zero-order valence-electron chi connectivity index (χ0n) is 16.5. The average Bonchev–Trinajstić information content (AvgIpc) is 3.09. The number of hydrogen-bond donors (Lipinski definition) is 1. The minimum absolute atomic E-state index is 0.0701. The lowest BCUT2D eigenvalue weighted by atomic mass is 10.3. The minimum Gasteiger partial charge on any atom is -0.355 e. The van der Waals surface area contributed by atoms with E-state index in [-0.39, 0.29) is 12.3 Å². The molecule has 1 aliphatic heterocycles. The van der Waals surface area contributed by atoms with E-state index in [1.807, 2.05) is 48.5 Å². The van der Waals surface area contributed by atoms with Crippen molar-refractivity contribution in [2.45, 2.75) is 12.8 Å². The van der Waals surface area contributed by atoms with E-state index in [0.29, 0.717) is 25.6 Å². The van der Waals surface area contributed by atoms with Crippen molar-refractivity contribution in [2.24, 2.45) is 0 Å². The third kappa shape index (κ3) is 4.55. The van der Waals surface area contributed by atoms with Gasteiger partial charge in [0.25, 0.3) is 0 Å². The number of rotatable bonds is 5. The molecule has 9 heteroatoms. The molecule has 152 valence electrons. The molecule has 30 heavy (non-hydrogen) atoms. The summed E-state index contributed by atoms with van der Waals surface area (Å²) in [7, 11) is 0. The van der Waals surface area contributed by atoms with Crippen LogP contribution in [0.4, 0.5) is 17.5 Å². The molecule has 2 aromatic heterocycles. The largest absolute Gasteiger partial charge is 0.355 e. The Balaban J connectivity index is 1.45. The number of para-hydroxylation sites is 1. The number of benzene rings is 1. The van der Waals surface area contributed by atoms with Gasteiger partial charge >= 0.3 is 0 Å². The number of nitrogens with one attached hydrogen (secondary N) is 1. The van der Waals surface area contributed by atoms with E-state index >= 15 is 0 Å². The van der Waals surface area contributed by atoms with Gasteiger partial charge in [-0.05, 0) is 24.6 Å². The van der Waals surface area contributed by atoms with Crippen molar-refractivity contribution in [1.82, 2.24) is 24.6 Å². The topological polar surface area (TPSA) is 103 Å². The van der Waals surface area contributed by atoms with Gasteiger partial charge in [0.2, 0.25) is 11.9 Å². The third-order valence-corrected chi connectivity index (χ3v) is 4.92. The summed E-state index contributed by atoms with van der Waals surface area (Å²) in [6.45, 7) is 2.71. The van der Waals surface area contributed by atoms with E-state index in [9.17, 15) is 4.79 Å². The number of pyridine rings is 1. The molecular formula is C21H22N8O. The standard InChI is InChI=1S/C21H22N8O/c22-9-7-20(30)28-12-4-11-27(13-14-28)19-15-18(8-10-23-19)29-16-24-21(26-29)25-17-5-2-1-3-6-17/h1-3,5-6,8,10,15-16H,4,7,11-14H2,(H,25,26). The van der Waals surface area contributed by atoms with Crippen LogP contribution in [-0.4, -0.2) is 56.7 Å². The number of nitrogens with zero attached hydrogens (tertiary/aromatic N) is 7. The molecule has 1 N–H and O–H groups in total. The molecule has 0 unspecified atom stereocenters. The molecule has 9 nitrogen and oxygen atoms in total. The van der Waals surface area contributed by atoms with Gasteiger partial charge in [0.15, 0.2) is 0 Å². The van der Waals surface area contributed by atoms with Crippen LogP contribution in [0.1, 0.15) is 12.8 Å². The van der Waals surface area contributed by atoms with Crippen LogP contribution in [0, 0.1) is 11.3 Å². The van der Waals surface area contributed by atoms with Crippen molar-refractivity contribution in [2.75, 3.05) is 36.4 Å². The highest BCUT2D eigenvalue weighted by atomic mass is 16.2. The predicted molar refractivity (Wildman–Crippen MR) is 113 cm³/mol. The van der Waals surface area contributed by atoms with Crippen molar-refractivity contribution < 1.29 is 4.79 Å². The van der Waals surface area contributed by atoms with Gasteiger partial charge in [0, 0.05) is 44.1 Å². The Bertz CT molecular complexity index is 1040. The summed E-state index contributed by atoms with van der Waals surface area (Å²) in [6, 6.07) is 15.5. The quantitative estimate of drug-likeness (QED) is 0.699. The van der Waals surface area contributed by atoms with E-state index in [0.717, 1.165) is 30.2 Å². The Hall–Kier alpha value is -3.93. The first kappa shape index (κ1) is 19.4. The normalized spacial score (nSPS) is 14.1. The van der Waals surface area contributed by atoms with E-state index < -0.39 is 0 Å². The van der Waals surface area contributed by atoms with Crippen LogP contribution in [0.3, 0.4) is 0 Å². The van der Waals surface area contributed by atoms with E-state index in [2.05, 4.69) is 25.3 Å². The van der Waals surface area contributed by atoms with E-state index in [4.69, 9.17) is 5.26 Å². The van der Waals surface area contributed by atoms with Crippen LogP contribution in [0.5, 0.6) is 0 Å². The fraction of sp³-hybridized carbons (Fsp3) is 0.286. The molecule has 0 bridgehead atoms. The van der Waals surface area contributed by atoms with Gasteiger partial charge in [-0.3, -0.25) is 4.79 Å². The lowest BCUT2D eigenvalue weighted by Crippen LogP contribution is -2.35. The van der Waals surface area contributed by atoms with Crippen molar-refractivity contribution >= 4 is 23.4 Å². The summed E-state index contributed by atoms with van der Waals surface area (Å²) in [4.78, 5) is 24.8. The van der Waals surface area contributed by atoms with Gasteiger partial charge in [-0.1, -0.05) is 18.2 Å². The molecular weight excluding hydrogens is 380 g/mol. The van der Waals surface area contributed by atoms with Crippen LogP contribution in [0.15, 0.2) is 55.0 Å². The SMILES string of the molecule is N#CCC(=O)N1CCCN(c2cc(-n3cnc(Nc4ccccc4)n3)ccn2)CC1. The highest BCUT2D eigenvalue weighted by Crippen LogP contribution is 2.19. The number of nitriles is 1. The van der Waals surface area contributed by atoms with Gasteiger partial charge in [0.1, 0.15) is 18.6 Å². The molecule has 1 fully saturated rings. The predicted octanol–water partition coefficient (Wildman–Crippen LogP) is 2.36. The average molecular weight is 402 g/mol. The number of carbonyl (C=O) groups excluding carboxylic acids is 1. The Morgan fingerprint density at radius 1 is 1.10 bits per heavy atom. The second kappa shape index (κ2) is 9.05. The molecule has 3 aromatic rings. The number of aromatic nitrogens is 4. The van der Waals surface area contributed by atoms with Crippen LogP contribution >= 0.6 is 0 Å². The Labute approximate surface area is 174 Å². The van der Waals surface area contributed by atoms with Gasteiger partial charge in [0.05, 0.1) is 11.8 Å². The first-order valence-corrected chi connectivity index (χ1v) is 9.83. The first-order valence-electron chi connectivity index (χ1n) is 9.83. The molecule has 0 spiro atoms. The second-order valence-corrected chi connectivity index (χ2v) is 6.93. The zero-order valence-corrected chi connectivity index (χ0v) is 16.5. The lowest BCUT2D eigenvalue weighted by molar-refractivity contribution is -0.129. The summed E-state index contributed by atoms with van der Waals surface area (Å²) < 4.78 is 1.71. The molecule has 4 rings (SSSR count). The maximum Gasteiger partial charge on any atom is 0.246 e. The smallest absolute Gasteiger partial charge is 0.246 e. The minimum atomic E-state index is -0.109. The molecule has 0 atom stereocenters. The van der Waals surface area contributed by atoms with Crippen molar-refractivity contribution in [1.29, 1.82) is 5.26 Å². The monoisotopic (exact) mass is 402 g/mol. The summed E-state index contributed by atoms with van der Waals surface area (Å²) in [6.07, 6.45) is 4.17. The molecule has 0 radical (unpaired) electrons. The van der Waals surface area contributed by atoms with Gasteiger partial charge in [-0.15, -0.1) is 5.10 Å². The lowest BCUT2D eigenvalue weighted by Gasteiger charge is -2.22. The molecule has 0 saturated carbocycles. The molecule has 1 aliphatic rings. The zero-order chi connectivity index (χ0) is 20.8. The van der Waals surface area contributed by atoms with Crippen molar-refractivity contribution in [3.63, 3.8) is 0 Å². The van der Waals surface area contributed by atoms with Crippen molar-refractivity contribution in [3.8, 4) is 11.8 Å². The second-order valence-electron chi connectivity index (χ2n) is 6.93. The Morgan fingerprint density at radius 3 is 2.80 bits per heavy atom. The first-order chi connectivity index (χ1) is 14.7. The molecule has 1 amide bonds. The fourth-order valence-electron chi connectivity index (χ4n) is 3.39. The number of carbonyl (C=O) groups is 1. The van der Waals surface area contributed by atoms with Gasteiger partial charge in [-0.2, -0.15) is 10.2 Å².